The van der Waals surface area contributed by atoms with Crippen LogP contribution in [0.4, 0.5) is 0 Å². The van der Waals surface area contributed by atoms with Gasteiger partial charge < -0.3 is 15.1 Å². The molecule has 1 amide bonds. The normalized spacial score (nSPS) is 20.4. The molecule has 2 heterocycles. The van der Waals surface area contributed by atoms with Gasteiger partial charge in [-0.15, -0.1) is 0 Å². The van der Waals surface area contributed by atoms with Gasteiger partial charge in [-0.05, 0) is 51.4 Å². The smallest absolute Gasteiger partial charge is 0.234 e. The molecule has 1 aromatic heterocycles. The Kier molecular flexibility index (Phi) is 6.26. The van der Waals surface area contributed by atoms with E-state index >= 15 is 0 Å². The molecule has 1 fully saturated rings. The van der Waals surface area contributed by atoms with Crippen molar-refractivity contribution in [2.75, 3.05) is 26.2 Å². The molecule has 1 aliphatic rings. The van der Waals surface area contributed by atoms with Gasteiger partial charge in [0.1, 0.15) is 5.76 Å². The van der Waals surface area contributed by atoms with Crippen LogP contribution < -0.4 is 10.6 Å². The summed E-state index contributed by atoms with van der Waals surface area (Å²) in [5.74, 6) is 0.864. The zero-order valence-electron chi connectivity index (χ0n) is 13.1. The fourth-order valence-electron chi connectivity index (χ4n) is 2.90. The van der Waals surface area contributed by atoms with E-state index in [1.54, 1.807) is 6.26 Å². The molecule has 5 heteroatoms. The van der Waals surface area contributed by atoms with E-state index in [9.17, 15) is 4.79 Å². The summed E-state index contributed by atoms with van der Waals surface area (Å²) >= 11 is 0. The van der Waals surface area contributed by atoms with E-state index in [0.717, 1.165) is 31.8 Å². The fraction of sp³-hybridized carbons (Fsp3) is 0.688. The third-order valence-electron chi connectivity index (χ3n) is 3.99. The van der Waals surface area contributed by atoms with E-state index in [2.05, 4.69) is 22.5 Å². The molecule has 2 atom stereocenters. The van der Waals surface area contributed by atoms with E-state index in [-0.39, 0.29) is 11.9 Å². The van der Waals surface area contributed by atoms with Gasteiger partial charge >= 0.3 is 0 Å². The molecule has 1 aromatic rings. The van der Waals surface area contributed by atoms with Crippen LogP contribution in [0.3, 0.4) is 0 Å². The predicted octanol–water partition coefficient (Wildman–Crippen LogP) is 1.92. The summed E-state index contributed by atoms with van der Waals surface area (Å²) < 4.78 is 5.33. The van der Waals surface area contributed by atoms with Gasteiger partial charge in [0.15, 0.2) is 0 Å². The van der Waals surface area contributed by atoms with Crippen LogP contribution in [0.1, 0.15) is 44.9 Å². The second-order valence-electron chi connectivity index (χ2n) is 5.78. The number of amides is 1. The highest BCUT2D eigenvalue weighted by Gasteiger charge is 2.23. The Hall–Kier alpha value is -1.33. The molecule has 21 heavy (non-hydrogen) atoms. The van der Waals surface area contributed by atoms with Gasteiger partial charge in [-0.25, -0.2) is 0 Å². The molecule has 0 aliphatic carbocycles. The van der Waals surface area contributed by atoms with Crippen LogP contribution in [0.2, 0.25) is 0 Å². The number of furan rings is 1. The third kappa shape index (κ3) is 4.86. The van der Waals surface area contributed by atoms with E-state index in [1.807, 2.05) is 19.1 Å². The van der Waals surface area contributed by atoms with E-state index in [0.29, 0.717) is 12.6 Å². The lowest BCUT2D eigenvalue weighted by molar-refractivity contribution is -0.123. The molecular weight excluding hydrogens is 266 g/mol. The van der Waals surface area contributed by atoms with Gasteiger partial charge in [-0.1, -0.05) is 6.92 Å². The minimum absolute atomic E-state index is 0.0675. The molecule has 5 nitrogen and oxygen atoms in total. The monoisotopic (exact) mass is 293 g/mol. The SMILES string of the molecule is CCCN(CC(=O)NC(C)c1ccco1)C1CCCNC1. The third-order valence-corrected chi connectivity index (χ3v) is 3.99. The van der Waals surface area contributed by atoms with Gasteiger partial charge in [0.2, 0.25) is 5.91 Å². The van der Waals surface area contributed by atoms with Gasteiger partial charge in [0.25, 0.3) is 0 Å². The Balaban J connectivity index is 1.85. The summed E-state index contributed by atoms with van der Waals surface area (Å²) in [5.41, 5.74) is 0. The van der Waals surface area contributed by atoms with Crippen LogP contribution in [-0.4, -0.2) is 43.0 Å². The fourth-order valence-corrected chi connectivity index (χ4v) is 2.90. The van der Waals surface area contributed by atoms with Gasteiger partial charge in [-0.3, -0.25) is 9.69 Å². The molecule has 2 N–H and O–H groups in total. The highest BCUT2D eigenvalue weighted by atomic mass is 16.3. The molecule has 2 rings (SSSR count). The summed E-state index contributed by atoms with van der Waals surface area (Å²) in [6.07, 6.45) is 5.07. The maximum atomic E-state index is 12.3. The van der Waals surface area contributed by atoms with Crippen molar-refractivity contribution in [1.29, 1.82) is 0 Å². The molecule has 0 saturated carbocycles. The predicted molar refractivity (Wildman–Crippen MR) is 83.0 cm³/mol. The van der Waals surface area contributed by atoms with Crippen molar-refractivity contribution in [2.24, 2.45) is 0 Å². The van der Waals surface area contributed by atoms with Crippen molar-refractivity contribution in [2.45, 2.75) is 45.2 Å². The molecule has 0 radical (unpaired) electrons. The Labute approximate surface area is 127 Å². The molecule has 2 unspecified atom stereocenters. The lowest BCUT2D eigenvalue weighted by Crippen LogP contribution is -2.50. The lowest BCUT2D eigenvalue weighted by Gasteiger charge is -2.34. The standard InChI is InChI=1S/C16H27N3O2/c1-3-9-19(14-6-4-8-17-11-14)12-16(20)18-13(2)15-7-5-10-21-15/h5,7,10,13-14,17H,3-4,6,8-9,11-12H2,1-2H3,(H,18,20). The van der Waals surface area contributed by atoms with Crippen molar-refractivity contribution in [3.8, 4) is 0 Å². The number of nitrogens with one attached hydrogen (secondary N) is 2. The van der Waals surface area contributed by atoms with E-state index in [1.165, 1.54) is 12.8 Å². The average molecular weight is 293 g/mol. The number of carbonyl (C=O) groups is 1. The number of hydrogen-bond acceptors (Lipinski definition) is 4. The first-order valence-electron chi connectivity index (χ1n) is 7.98. The van der Waals surface area contributed by atoms with Crippen LogP contribution in [0.25, 0.3) is 0 Å². The molecule has 0 aromatic carbocycles. The first kappa shape index (κ1) is 16.0. The van der Waals surface area contributed by atoms with Gasteiger partial charge in [-0.2, -0.15) is 0 Å². The number of carbonyl (C=O) groups excluding carboxylic acids is 1. The highest BCUT2D eigenvalue weighted by molar-refractivity contribution is 5.78. The quantitative estimate of drug-likeness (QED) is 0.806. The topological polar surface area (TPSA) is 57.5 Å². The van der Waals surface area contributed by atoms with Crippen molar-refractivity contribution in [3.63, 3.8) is 0 Å². The van der Waals surface area contributed by atoms with Crippen molar-refractivity contribution in [3.05, 3.63) is 24.2 Å². The van der Waals surface area contributed by atoms with Crippen molar-refractivity contribution in [1.82, 2.24) is 15.5 Å². The minimum Gasteiger partial charge on any atom is -0.467 e. The van der Waals surface area contributed by atoms with Gasteiger partial charge in [0.05, 0.1) is 18.8 Å². The van der Waals surface area contributed by atoms with E-state index < -0.39 is 0 Å². The maximum Gasteiger partial charge on any atom is 0.234 e. The Bertz CT molecular complexity index is 413. The Morgan fingerprint density at radius 2 is 2.48 bits per heavy atom. The molecule has 0 bridgehead atoms. The summed E-state index contributed by atoms with van der Waals surface area (Å²) in [6, 6.07) is 4.12. The molecule has 118 valence electrons. The Morgan fingerprint density at radius 3 is 3.10 bits per heavy atom. The summed E-state index contributed by atoms with van der Waals surface area (Å²) in [7, 11) is 0. The maximum absolute atomic E-state index is 12.3. The van der Waals surface area contributed by atoms with Gasteiger partial charge in [0, 0.05) is 12.6 Å². The second-order valence-corrected chi connectivity index (χ2v) is 5.78. The number of piperidine rings is 1. The first-order valence-corrected chi connectivity index (χ1v) is 7.98. The van der Waals surface area contributed by atoms with Crippen LogP contribution in [0, 0.1) is 0 Å². The molecular formula is C16H27N3O2. The minimum atomic E-state index is -0.0829. The van der Waals surface area contributed by atoms with Crippen LogP contribution in [0.15, 0.2) is 22.8 Å². The largest absolute Gasteiger partial charge is 0.467 e. The average Bonchev–Trinajstić information content (AvgIpc) is 3.02. The molecule has 1 saturated heterocycles. The zero-order chi connectivity index (χ0) is 15.1. The van der Waals surface area contributed by atoms with Crippen LogP contribution >= 0.6 is 0 Å². The summed E-state index contributed by atoms with van der Waals surface area (Å²) in [5, 5.41) is 6.44. The zero-order valence-corrected chi connectivity index (χ0v) is 13.1. The molecule has 0 spiro atoms. The molecule has 1 aliphatic heterocycles. The second kappa shape index (κ2) is 8.20. The Morgan fingerprint density at radius 1 is 1.62 bits per heavy atom. The number of nitrogens with zero attached hydrogens (tertiary/aromatic N) is 1. The number of rotatable bonds is 7. The highest BCUT2D eigenvalue weighted by Crippen LogP contribution is 2.13. The summed E-state index contributed by atoms with van der Waals surface area (Å²) in [4.78, 5) is 14.6. The summed E-state index contributed by atoms with van der Waals surface area (Å²) in [6.45, 7) is 7.62. The first-order chi connectivity index (χ1) is 10.2. The van der Waals surface area contributed by atoms with Crippen molar-refractivity contribution < 1.29 is 9.21 Å². The van der Waals surface area contributed by atoms with Crippen LogP contribution in [0.5, 0.6) is 0 Å². The number of hydrogen-bond donors (Lipinski definition) is 2. The van der Waals surface area contributed by atoms with E-state index in [4.69, 9.17) is 4.42 Å². The lowest BCUT2D eigenvalue weighted by atomic mass is 10.1. The van der Waals surface area contributed by atoms with Crippen LogP contribution in [-0.2, 0) is 4.79 Å². The van der Waals surface area contributed by atoms with Crippen molar-refractivity contribution >= 4 is 5.91 Å².